The van der Waals surface area contributed by atoms with Gasteiger partial charge < -0.3 is 10.6 Å². The standard InChI is InChI=1S/C18H20N2OS/c19-17-12-20(11-16(17)14-7-3-1-4-8-14)18(21)13-22-15-9-5-2-6-10-15/h1-10,16-17H,11-13,19H2/t16-,17+/m0/s1. The van der Waals surface area contributed by atoms with E-state index in [9.17, 15) is 4.79 Å². The Labute approximate surface area is 135 Å². The molecule has 114 valence electrons. The van der Waals surface area contributed by atoms with Crippen LogP contribution in [0.5, 0.6) is 0 Å². The molecule has 1 aliphatic rings. The van der Waals surface area contributed by atoms with Gasteiger partial charge in [0.25, 0.3) is 0 Å². The lowest BCUT2D eigenvalue weighted by atomic mass is 9.95. The molecule has 0 spiro atoms. The topological polar surface area (TPSA) is 46.3 Å². The second-order valence-electron chi connectivity index (χ2n) is 5.58. The number of hydrogen-bond acceptors (Lipinski definition) is 3. The van der Waals surface area contributed by atoms with E-state index in [1.807, 2.05) is 53.4 Å². The number of likely N-dealkylation sites (tertiary alicyclic amines) is 1. The highest BCUT2D eigenvalue weighted by molar-refractivity contribution is 8.00. The molecule has 0 unspecified atom stereocenters. The summed E-state index contributed by atoms with van der Waals surface area (Å²) in [5.41, 5.74) is 7.47. The van der Waals surface area contributed by atoms with Crippen molar-refractivity contribution in [2.24, 2.45) is 5.73 Å². The SMILES string of the molecule is N[C@@H]1CN(C(=O)CSc2ccccc2)C[C@H]1c1ccccc1. The fourth-order valence-electron chi connectivity index (χ4n) is 2.84. The number of benzene rings is 2. The molecule has 2 atom stereocenters. The van der Waals surface area contributed by atoms with Crippen molar-refractivity contribution in [3.63, 3.8) is 0 Å². The number of thioether (sulfide) groups is 1. The molecule has 1 saturated heterocycles. The van der Waals surface area contributed by atoms with Gasteiger partial charge >= 0.3 is 0 Å². The lowest BCUT2D eigenvalue weighted by Crippen LogP contribution is -2.33. The summed E-state index contributed by atoms with van der Waals surface area (Å²) in [6.07, 6.45) is 0. The smallest absolute Gasteiger partial charge is 0.233 e. The molecule has 2 N–H and O–H groups in total. The van der Waals surface area contributed by atoms with E-state index in [1.54, 1.807) is 11.8 Å². The van der Waals surface area contributed by atoms with Crippen LogP contribution in [0.2, 0.25) is 0 Å². The monoisotopic (exact) mass is 312 g/mol. The maximum absolute atomic E-state index is 12.4. The Bertz CT molecular complexity index is 617. The van der Waals surface area contributed by atoms with Gasteiger partial charge in [-0.1, -0.05) is 48.5 Å². The highest BCUT2D eigenvalue weighted by atomic mass is 32.2. The van der Waals surface area contributed by atoms with Crippen LogP contribution in [-0.4, -0.2) is 35.7 Å². The molecular weight excluding hydrogens is 292 g/mol. The fourth-order valence-corrected chi connectivity index (χ4v) is 3.66. The van der Waals surface area contributed by atoms with Gasteiger partial charge in [0, 0.05) is 29.9 Å². The van der Waals surface area contributed by atoms with E-state index in [0.29, 0.717) is 12.3 Å². The largest absolute Gasteiger partial charge is 0.340 e. The maximum atomic E-state index is 12.4. The lowest BCUT2D eigenvalue weighted by molar-refractivity contribution is -0.127. The summed E-state index contributed by atoms with van der Waals surface area (Å²) < 4.78 is 0. The molecule has 0 aromatic heterocycles. The number of nitrogens with two attached hydrogens (primary N) is 1. The fraction of sp³-hybridized carbons (Fsp3) is 0.278. The minimum absolute atomic E-state index is 0.0214. The van der Waals surface area contributed by atoms with Crippen molar-refractivity contribution >= 4 is 17.7 Å². The first kappa shape index (κ1) is 15.1. The molecule has 2 aromatic carbocycles. The molecule has 1 fully saturated rings. The van der Waals surface area contributed by atoms with Crippen LogP contribution in [0, 0.1) is 0 Å². The Balaban J connectivity index is 1.58. The van der Waals surface area contributed by atoms with Crippen molar-refractivity contribution in [3.8, 4) is 0 Å². The Morgan fingerprint density at radius 2 is 1.68 bits per heavy atom. The Kier molecular flexibility index (Phi) is 4.80. The van der Waals surface area contributed by atoms with Crippen molar-refractivity contribution in [1.82, 2.24) is 4.90 Å². The number of carbonyl (C=O) groups is 1. The summed E-state index contributed by atoms with van der Waals surface area (Å²) in [7, 11) is 0. The van der Waals surface area contributed by atoms with Crippen molar-refractivity contribution in [1.29, 1.82) is 0 Å². The summed E-state index contributed by atoms with van der Waals surface area (Å²) in [6, 6.07) is 20.3. The zero-order valence-electron chi connectivity index (χ0n) is 12.4. The number of hydrogen-bond donors (Lipinski definition) is 1. The van der Waals surface area contributed by atoms with E-state index in [2.05, 4.69) is 12.1 Å². The number of nitrogens with zero attached hydrogens (tertiary/aromatic N) is 1. The summed E-state index contributed by atoms with van der Waals surface area (Å²) in [5.74, 6) is 0.882. The van der Waals surface area contributed by atoms with Crippen LogP contribution >= 0.6 is 11.8 Å². The molecule has 0 bridgehead atoms. The number of rotatable bonds is 4. The Morgan fingerprint density at radius 3 is 2.36 bits per heavy atom. The van der Waals surface area contributed by atoms with Crippen LogP contribution < -0.4 is 5.73 Å². The van der Waals surface area contributed by atoms with Gasteiger partial charge in [0.2, 0.25) is 5.91 Å². The van der Waals surface area contributed by atoms with E-state index in [4.69, 9.17) is 5.73 Å². The summed E-state index contributed by atoms with van der Waals surface area (Å²) >= 11 is 1.58. The van der Waals surface area contributed by atoms with Crippen LogP contribution in [0.1, 0.15) is 11.5 Å². The van der Waals surface area contributed by atoms with Crippen molar-refractivity contribution in [2.75, 3.05) is 18.8 Å². The van der Waals surface area contributed by atoms with E-state index in [1.165, 1.54) is 5.56 Å². The third-order valence-electron chi connectivity index (χ3n) is 4.05. The molecule has 0 saturated carbocycles. The Hall–Kier alpha value is -1.78. The average Bonchev–Trinajstić information content (AvgIpc) is 2.96. The molecular formula is C18H20N2OS. The van der Waals surface area contributed by atoms with E-state index in [-0.39, 0.29) is 17.9 Å². The third-order valence-corrected chi connectivity index (χ3v) is 5.05. The van der Waals surface area contributed by atoms with Gasteiger partial charge in [-0.15, -0.1) is 11.8 Å². The first-order valence-corrected chi connectivity index (χ1v) is 8.49. The Morgan fingerprint density at radius 1 is 1.05 bits per heavy atom. The van der Waals surface area contributed by atoms with Crippen LogP contribution in [0.25, 0.3) is 0 Å². The molecule has 1 amide bonds. The normalized spacial score (nSPS) is 21.0. The molecule has 0 radical (unpaired) electrons. The molecule has 1 heterocycles. The predicted molar refractivity (Wildman–Crippen MR) is 90.9 cm³/mol. The number of carbonyl (C=O) groups excluding carboxylic acids is 1. The van der Waals surface area contributed by atoms with Crippen molar-refractivity contribution in [3.05, 3.63) is 66.2 Å². The maximum Gasteiger partial charge on any atom is 0.233 e. The molecule has 2 aromatic rings. The lowest BCUT2D eigenvalue weighted by Gasteiger charge is -2.16. The first-order chi connectivity index (χ1) is 10.7. The second-order valence-corrected chi connectivity index (χ2v) is 6.63. The van der Waals surface area contributed by atoms with Gasteiger partial charge in [-0.25, -0.2) is 0 Å². The number of amides is 1. The van der Waals surface area contributed by atoms with Gasteiger partial charge in [-0.2, -0.15) is 0 Å². The van der Waals surface area contributed by atoms with E-state index in [0.717, 1.165) is 11.4 Å². The van der Waals surface area contributed by atoms with Crippen LogP contribution in [0.4, 0.5) is 0 Å². The summed E-state index contributed by atoms with van der Waals surface area (Å²) in [5, 5.41) is 0. The molecule has 22 heavy (non-hydrogen) atoms. The van der Waals surface area contributed by atoms with Crippen molar-refractivity contribution in [2.45, 2.75) is 16.9 Å². The molecule has 1 aliphatic heterocycles. The van der Waals surface area contributed by atoms with Gasteiger partial charge in [0.15, 0.2) is 0 Å². The molecule has 3 rings (SSSR count). The van der Waals surface area contributed by atoms with Crippen LogP contribution in [-0.2, 0) is 4.79 Å². The second kappa shape index (κ2) is 6.99. The first-order valence-electron chi connectivity index (χ1n) is 7.50. The van der Waals surface area contributed by atoms with Gasteiger partial charge in [0.1, 0.15) is 0 Å². The molecule has 0 aliphatic carbocycles. The highest BCUT2D eigenvalue weighted by Crippen LogP contribution is 2.27. The average molecular weight is 312 g/mol. The van der Waals surface area contributed by atoms with Gasteiger partial charge in [0.05, 0.1) is 5.75 Å². The van der Waals surface area contributed by atoms with Crippen LogP contribution in [0.15, 0.2) is 65.6 Å². The van der Waals surface area contributed by atoms with E-state index >= 15 is 0 Å². The van der Waals surface area contributed by atoms with Gasteiger partial charge in [-0.3, -0.25) is 4.79 Å². The van der Waals surface area contributed by atoms with Gasteiger partial charge in [-0.05, 0) is 17.7 Å². The minimum Gasteiger partial charge on any atom is -0.340 e. The molecule has 4 heteroatoms. The molecule has 3 nitrogen and oxygen atoms in total. The van der Waals surface area contributed by atoms with Crippen molar-refractivity contribution < 1.29 is 4.79 Å². The quantitative estimate of drug-likeness (QED) is 0.883. The predicted octanol–water partition coefficient (Wildman–Crippen LogP) is 2.73. The third kappa shape index (κ3) is 3.51. The zero-order chi connectivity index (χ0) is 15.4. The van der Waals surface area contributed by atoms with Crippen LogP contribution in [0.3, 0.4) is 0 Å². The summed E-state index contributed by atoms with van der Waals surface area (Å²) in [6.45, 7) is 1.37. The van der Waals surface area contributed by atoms with E-state index < -0.39 is 0 Å². The minimum atomic E-state index is 0.0214. The zero-order valence-corrected chi connectivity index (χ0v) is 13.2. The highest BCUT2D eigenvalue weighted by Gasteiger charge is 2.33. The summed E-state index contributed by atoms with van der Waals surface area (Å²) in [4.78, 5) is 15.4.